The molecule has 7 nitrogen and oxygen atoms in total. The van der Waals surface area contributed by atoms with E-state index in [9.17, 15) is 19.2 Å². The van der Waals surface area contributed by atoms with E-state index in [4.69, 9.17) is 16.0 Å². The number of benzene rings is 2. The van der Waals surface area contributed by atoms with Crippen molar-refractivity contribution < 1.29 is 18.8 Å². The Hall–Kier alpha value is -3.36. The Morgan fingerprint density at radius 3 is 2.74 bits per heavy atom. The number of anilines is 1. The first kappa shape index (κ1) is 20.9. The molecule has 0 radical (unpaired) electrons. The van der Waals surface area contributed by atoms with Gasteiger partial charge in [-0.3, -0.25) is 19.3 Å². The van der Waals surface area contributed by atoms with Gasteiger partial charge in [0, 0.05) is 28.2 Å². The molecule has 4 rings (SSSR count). The van der Waals surface area contributed by atoms with Crippen molar-refractivity contribution >= 4 is 63.1 Å². The molecule has 1 aliphatic heterocycles. The van der Waals surface area contributed by atoms with Crippen molar-refractivity contribution in [2.75, 3.05) is 11.9 Å². The minimum atomic E-state index is -0.555. The van der Waals surface area contributed by atoms with Gasteiger partial charge < -0.3 is 9.73 Å². The molecule has 1 fully saturated rings. The third-order valence-corrected chi connectivity index (χ3v) is 5.70. The maximum atomic E-state index is 12.6. The van der Waals surface area contributed by atoms with Crippen LogP contribution in [0.3, 0.4) is 0 Å². The van der Waals surface area contributed by atoms with Crippen molar-refractivity contribution in [1.29, 1.82) is 0 Å². The van der Waals surface area contributed by atoms with E-state index in [0.29, 0.717) is 21.9 Å². The average Bonchev–Trinajstić information content (AvgIpc) is 2.95. The van der Waals surface area contributed by atoms with Gasteiger partial charge in [-0.1, -0.05) is 23.7 Å². The third-order valence-electron chi connectivity index (χ3n) is 4.56. The van der Waals surface area contributed by atoms with Gasteiger partial charge in [0.15, 0.2) is 0 Å². The summed E-state index contributed by atoms with van der Waals surface area (Å²) < 4.78 is 5.17. The minimum absolute atomic E-state index is 0.211. The average molecular weight is 455 g/mol. The fraction of sp³-hybridized carbons (Fsp3) is 0.0909. The summed E-state index contributed by atoms with van der Waals surface area (Å²) in [5, 5.41) is 3.34. The third kappa shape index (κ3) is 4.55. The SMILES string of the molecule is Cc1cc(=O)oc2cc(NC(=O)CN3C(=O)S/C(=C\c4cccc(Cl)c4)C3=O)ccc12. The van der Waals surface area contributed by atoms with E-state index in [-0.39, 0.29) is 4.91 Å². The van der Waals surface area contributed by atoms with Crippen LogP contribution in [0.1, 0.15) is 11.1 Å². The zero-order chi connectivity index (χ0) is 22.1. The number of nitrogens with zero attached hydrogens (tertiary/aromatic N) is 1. The number of nitrogens with one attached hydrogen (secondary N) is 1. The van der Waals surface area contributed by atoms with Crippen LogP contribution in [0.25, 0.3) is 17.0 Å². The Kier molecular flexibility index (Phi) is 5.67. The Bertz CT molecular complexity index is 1330. The molecule has 1 saturated heterocycles. The molecule has 3 aromatic rings. The summed E-state index contributed by atoms with van der Waals surface area (Å²) in [7, 11) is 0. The molecule has 9 heteroatoms. The van der Waals surface area contributed by atoms with Crippen molar-refractivity contribution in [3.63, 3.8) is 0 Å². The van der Waals surface area contributed by atoms with Gasteiger partial charge in [-0.15, -0.1) is 0 Å². The Balaban J connectivity index is 1.48. The summed E-state index contributed by atoms with van der Waals surface area (Å²) in [6.07, 6.45) is 1.56. The number of imide groups is 1. The van der Waals surface area contributed by atoms with Crippen molar-refractivity contribution in [1.82, 2.24) is 4.90 Å². The first-order chi connectivity index (χ1) is 14.8. The van der Waals surface area contributed by atoms with E-state index in [1.54, 1.807) is 49.4 Å². The molecule has 0 aliphatic carbocycles. The Morgan fingerprint density at radius 2 is 1.97 bits per heavy atom. The Labute approximate surface area is 185 Å². The molecule has 0 saturated carbocycles. The van der Waals surface area contributed by atoms with Crippen molar-refractivity contribution in [3.05, 3.63) is 80.0 Å². The van der Waals surface area contributed by atoms with Gasteiger partial charge >= 0.3 is 5.63 Å². The fourth-order valence-electron chi connectivity index (χ4n) is 3.13. The van der Waals surface area contributed by atoms with Gasteiger partial charge in [-0.2, -0.15) is 0 Å². The van der Waals surface area contributed by atoms with E-state index >= 15 is 0 Å². The molecule has 0 spiro atoms. The second-order valence-electron chi connectivity index (χ2n) is 6.83. The molecule has 31 heavy (non-hydrogen) atoms. The number of carbonyl (C=O) groups excluding carboxylic acids is 3. The summed E-state index contributed by atoms with van der Waals surface area (Å²) in [6.45, 7) is 1.35. The van der Waals surface area contributed by atoms with E-state index in [2.05, 4.69) is 5.32 Å². The molecule has 1 aliphatic rings. The number of hydrogen-bond acceptors (Lipinski definition) is 6. The van der Waals surface area contributed by atoms with Crippen LogP contribution in [-0.2, 0) is 9.59 Å². The number of fused-ring (bicyclic) bond motifs is 1. The highest BCUT2D eigenvalue weighted by Crippen LogP contribution is 2.32. The van der Waals surface area contributed by atoms with Crippen LogP contribution < -0.4 is 10.9 Å². The molecule has 0 bridgehead atoms. The summed E-state index contributed by atoms with van der Waals surface area (Å²) in [5.41, 5.74) is 1.66. The lowest BCUT2D eigenvalue weighted by atomic mass is 10.1. The van der Waals surface area contributed by atoms with Gasteiger partial charge in [0.1, 0.15) is 12.1 Å². The van der Waals surface area contributed by atoms with Crippen LogP contribution in [0, 0.1) is 6.92 Å². The van der Waals surface area contributed by atoms with Crippen LogP contribution in [-0.4, -0.2) is 28.5 Å². The molecule has 156 valence electrons. The van der Waals surface area contributed by atoms with Crippen molar-refractivity contribution in [2.24, 2.45) is 0 Å². The summed E-state index contributed by atoms with van der Waals surface area (Å²) in [4.78, 5) is 50.0. The number of hydrogen-bond donors (Lipinski definition) is 1. The number of carbonyl (C=O) groups is 3. The lowest BCUT2D eigenvalue weighted by Crippen LogP contribution is -2.36. The summed E-state index contributed by atoms with van der Waals surface area (Å²) in [6, 6.07) is 13.1. The van der Waals surface area contributed by atoms with Crippen molar-refractivity contribution in [2.45, 2.75) is 6.92 Å². The standard InChI is InChI=1S/C22H15ClN2O5S/c1-12-7-20(27)30-17-10-15(5-6-16(12)17)24-19(26)11-25-21(28)18(31-22(25)29)9-13-3-2-4-14(23)8-13/h2-10H,11H2,1H3,(H,24,26)/b18-9-. The van der Waals surface area contributed by atoms with Gasteiger partial charge in [0.05, 0.1) is 4.91 Å². The zero-order valence-electron chi connectivity index (χ0n) is 16.2. The molecular weight excluding hydrogens is 440 g/mol. The molecule has 2 heterocycles. The lowest BCUT2D eigenvalue weighted by Gasteiger charge is -2.12. The highest BCUT2D eigenvalue weighted by Gasteiger charge is 2.36. The second-order valence-corrected chi connectivity index (χ2v) is 8.26. The Morgan fingerprint density at radius 1 is 1.16 bits per heavy atom. The van der Waals surface area contributed by atoms with Crippen molar-refractivity contribution in [3.8, 4) is 0 Å². The van der Waals surface area contributed by atoms with Crippen LogP contribution in [0.15, 0.2) is 62.6 Å². The minimum Gasteiger partial charge on any atom is -0.423 e. The monoisotopic (exact) mass is 454 g/mol. The largest absolute Gasteiger partial charge is 0.423 e. The summed E-state index contributed by atoms with van der Waals surface area (Å²) >= 11 is 6.71. The van der Waals surface area contributed by atoms with Crippen LogP contribution in [0.4, 0.5) is 10.5 Å². The van der Waals surface area contributed by atoms with Crippen LogP contribution >= 0.6 is 23.4 Å². The first-order valence-corrected chi connectivity index (χ1v) is 10.3. The van der Waals surface area contributed by atoms with Gasteiger partial charge in [-0.25, -0.2) is 4.79 Å². The highest BCUT2D eigenvalue weighted by atomic mass is 35.5. The van der Waals surface area contributed by atoms with E-state index in [1.807, 2.05) is 0 Å². The topological polar surface area (TPSA) is 96.7 Å². The maximum Gasteiger partial charge on any atom is 0.336 e. The molecular formula is C22H15ClN2O5S. The molecule has 1 N–H and O–H groups in total. The number of rotatable bonds is 4. The lowest BCUT2D eigenvalue weighted by molar-refractivity contribution is -0.127. The fourth-order valence-corrected chi connectivity index (χ4v) is 4.17. The number of thioether (sulfide) groups is 1. The molecule has 0 unspecified atom stereocenters. The van der Waals surface area contributed by atoms with E-state index < -0.39 is 29.2 Å². The normalized spacial score (nSPS) is 15.2. The molecule has 0 atom stereocenters. The maximum absolute atomic E-state index is 12.6. The quantitative estimate of drug-likeness (QED) is 0.462. The molecule has 2 aromatic carbocycles. The molecule has 3 amide bonds. The predicted octanol–water partition coefficient (Wildman–Crippen LogP) is 4.43. The summed E-state index contributed by atoms with van der Waals surface area (Å²) in [5.74, 6) is -1.11. The van der Waals surface area contributed by atoms with Gasteiger partial charge in [0.25, 0.3) is 11.1 Å². The first-order valence-electron chi connectivity index (χ1n) is 9.15. The van der Waals surface area contributed by atoms with Crippen LogP contribution in [0.5, 0.6) is 0 Å². The van der Waals surface area contributed by atoms with E-state index in [0.717, 1.165) is 27.6 Å². The smallest absolute Gasteiger partial charge is 0.336 e. The van der Waals surface area contributed by atoms with Crippen LogP contribution in [0.2, 0.25) is 5.02 Å². The van der Waals surface area contributed by atoms with E-state index in [1.165, 1.54) is 12.1 Å². The van der Waals surface area contributed by atoms with Gasteiger partial charge in [0.2, 0.25) is 5.91 Å². The van der Waals surface area contributed by atoms with Gasteiger partial charge in [-0.05, 0) is 60.2 Å². The second kappa shape index (κ2) is 8.41. The highest BCUT2D eigenvalue weighted by molar-refractivity contribution is 8.18. The molecule has 1 aromatic heterocycles. The number of amides is 3. The zero-order valence-corrected chi connectivity index (χ0v) is 17.8. The predicted molar refractivity (Wildman–Crippen MR) is 120 cm³/mol. The number of halogens is 1. The number of aryl methyl sites for hydroxylation is 1.